The molecule has 2 atom stereocenters. The Morgan fingerprint density at radius 3 is 2.16 bits per heavy atom. The summed E-state index contributed by atoms with van der Waals surface area (Å²) in [6.07, 6.45) is 2.97. The van der Waals surface area contributed by atoms with Crippen molar-refractivity contribution in [2.75, 3.05) is 14.1 Å². The molecule has 0 saturated heterocycles. The van der Waals surface area contributed by atoms with Crippen molar-refractivity contribution in [1.29, 1.82) is 0 Å². The summed E-state index contributed by atoms with van der Waals surface area (Å²) in [7, 11) is 4.14. The Hall–Kier alpha value is -1.93. The molecule has 25 heavy (non-hydrogen) atoms. The zero-order chi connectivity index (χ0) is 18.4. The van der Waals surface area contributed by atoms with Crippen LogP contribution in [0.5, 0.6) is 0 Å². The van der Waals surface area contributed by atoms with Crippen LogP contribution >= 0.6 is 0 Å². The molecule has 0 aliphatic carbocycles. The summed E-state index contributed by atoms with van der Waals surface area (Å²) in [6, 6.07) is 18.7. The van der Waals surface area contributed by atoms with E-state index in [0.29, 0.717) is 6.04 Å². The molecule has 0 N–H and O–H groups in total. The van der Waals surface area contributed by atoms with E-state index in [0.717, 1.165) is 30.4 Å². The maximum atomic E-state index is 13.5. The van der Waals surface area contributed by atoms with Gasteiger partial charge in [0.2, 0.25) is 0 Å². The predicted molar refractivity (Wildman–Crippen MR) is 106 cm³/mol. The number of carbonyl (C=O) groups excluding carboxylic acids is 1. The molecule has 2 heteroatoms. The molecule has 0 amide bonds. The number of ketones is 1. The minimum atomic E-state index is -0.531. The lowest BCUT2D eigenvalue weighted by molar-refractivity contribution is 0.0862. The highest BCUT2D eigenvalue weighted by Gasteiger charge is 2.37. The zero-order valence-corrected chi connectivity index (χ0v) is 16.3. The van der Waals surface area contributed by atoms with Crippen LogP contribution in [0.2, 0.25) is 0 Å². The van der Waals surface area contributed by atoms with E-state index in [1.807, 2.05) is 30.3 Å². The number of carbonyl (C=O) groups is 1. The predicted octanol–water partition coefficient (Wildman–Crippen LogP) is 5.12. The maximum absolute atomic E-state index is 13.5. The summed E-state index contributed by atoms with van der Waals surface area (Å²) >= 11 is 0. The lowest BCUT2D eigenvalue weighted by Crippen LogP contribution is -2.40. The van der Waals surface area contributed by atoms with Crippen molar-refractivity contribution < 1.29 is 4.79 Å². The van der Waals surface area contributed by atoms with Crippen molar-refractivity contribution in [2.45, 2.75) is 51.5 Å². The van der Waals surface area contributed by atoms with Gasteiger partial charge in [0.25, 0.3) is 0 Å². The van der Waals surface area contributed by atoms with E-state index in [1.165, 1.54) is 5.56 Å². The smallest absolute Gasteiger partial charge is 0.173 e. The summed E-state index contributed by atoms with van der Waals surface area (Å²) in [4.78, 5) is 15.7. The van der Waals surface area contributed by atoms with Gasteiger partial charge in [0.1, 0.15) is 0 Å². The van der Waals surface area contributed by atoms with E-state index in [1.54, 1.807) is 0 Å². The van der Waals surface area contributed by atoms with Crippen LogP contribution in [-0.4, -0.2) is 30.8 Å². The largest absolute Gasteiger partial charge is 0.307 e. The van der Waals surface area contributed by atoms with E-state index in [2.05, 4.69) is 64.0 Å². The molecule has 0 heterocycles. The van der Waals surface area contributed by atoms with Crippen molar-refractivity contribution in [1.82, 2.24) is 4.90 Å². The summed E-state index contributed by atoms with van der Waals surface area (Å²) in [5.74, 6) is 0.204. The average molecular weight is 338 g/mol. The third-order valence-corrected chi connectivity index (χ3v) is 5.25. The Morgan fingerprint density at radius 2 is 1.64 bits per heavy atom. The standard InChI is InChI=1S/C23H31NO/c1-6-10-19-13-15-20(16-14-19)22(25)23(3,17-18(2)24(4)5)21-11-8-7-9-12-21/h7-9,11-16,18H,6,10,17H2,1-5H3/t18-,23-/m0/s1. The highest BCUT2D eigenvalue weighted by molar-refractivity contribution is 6.03. The van der Waals surface area contributed by atoms with Crippen LogP contribution in [0.15, 0.2) is 54.6 Å². The van der Waals surface area contributed by atoms with Crippen LogP contribution in [0.25, 0.3) is 0 Å². The molecule has 134 valence electrons. The second kappa shape index (κ2) is 8.44. The van der Waals surface area contributed by atoms with Gasteiger partial charge in [-0.1, -0.05) is 67.9 Å². The Labute approximate surface area is 152 Å². The molecule has 2 aromatic carbocycles. The molecule has 2 rings (SSSR count). The number of nitrogens with zero attached hydrogens (tertiary/aromatic N) is 1. The van der Waals surface area contributed by atoms with Gasteiger partial charge in [-0.2, -0.15) is 0 Å². The molecular weight excluding hydrogens is 306 g/mol. The van der Waals surface area contributed by atoms with Crippen molar-refractivity contribution in [3.05, 3.63) is 71.3 Å². The molecular formula is C23H31NO. The molecule has 0 bridgehead atoms. The molecule has 0 aliphatic heterocycles. The number of hydrogen-bond donors (Lipinski definition) is 0. The van der Waals surface area contributed by atoms with Gasteiger partial charge >= 0.3 is 0 Å². The molecule has 0 spiro atoms. The quantitative estimate of drug-likeness (QED) is 0.623. The SMILES string of the molecule is CCCc1ccc(C(=O)[C@@](C)(C[C@H](C)N(C)C)c2ccccc2)cc1. The van der Waals surface area contributed by atoms with E-state index in [9.17, 15) is 4.79 Å². The second-order valence-corrected chi connectivity index (χ2v) is 7.49. The summed E-state index contributed by atoms with van der Waals surface area (Å²) in [5.41, 5.74) is 2.66. The fourth-order valence-electron chi connectivity index (χ4n) is 3.35. The van der Waals surface area contributed by atoms with E-state index >= 15 is 0 Å². The fraction of sp³-hybridized carbons (Fsp3) is 0.435. The van der Waals surface area contributed by atoms with E-state index in [4.69, 9.17) is 0 Å². The van der Waals surface area contributed by atoms with Gasteiger partial charge in [-0.05, 0) is 51.9 Å². The number of aryl methyl sites for hydroxylation is 1. The van der Waals surface area contributed by atoms with Crippen LogP contribution < -0.4 is 0 Å². The number of benzene rings is 2. The highest BCUT2D eigenvalue weighted by atomic mass is 16.1. The number of Topliss-reactive ketones (excluding diaryl/α,β-unsaturated/α-hetero) is 1. The first-order chi connectivity index (χ1) is 11.9. The summed E-state index contributed by atoms with van der Waals surface area (Å²) < 4.78 is 0. The molecule has 0 radical (unpaired) electrons. The van der Waals surface area contributed by atoms with Crippen molar-refractivity contribution in [3.8, 4) is 0 Å². The number of rotatable bonds is 8. The van der Waals surface area contributed by atoms with E-state index in [-0.39, 0.29) is 5.78 Å². The van der Waals surface area contributed by atoms with Gasteiger partial charge in [-0.3, -0.25) is 4.79 Å². The van der Waals surface area contributed by atoms with Crippen molar-refractivity contribution in [2.24, 2.45) is 0 Å². The molecule has 0 unspecified atom stereocenters. The fourth-order valence-corrected chi connectivity index (χ4v) is 3.35. The first kappa shape index (κ1) is 19.4. The molecule has 2 nitrogen and oxygen atoms in total. The monoisotopic (exact) mass is 337 g/mol. The van der Waals surface area contributed by atoms with Gasteiger partial charge in [-0.15, -0.1) is 0 Å². The molecule has 0 aliphatic rings. The summed E-state index contributed by atoms with van der Waals surface area (Å²) in [5, 5.41) is 0. The minimum Gasteiger partial charge on any atom is -0.307 e. The van der Waals surface area contributed by atoms with Crippen LogP contribution in [0.1, 0.15) is 55.1 Å². The second-order valence-electron chi connectivity index (χ2n) is 7.49. The Morgan fingerprint density at radius 1 is 1.04 bits per heavy atom. The van der Waals surface area contributed by atoms with Crippen LogP contribution in [0.4, 0.5) is 0 Å². The lowest BCUT2D eigenvalue weighted by atomic mass is 9.72. The first-order valence-corrected chi connectivity index (χ1v) is 9.24. The molecule has 2 aromatic rings. The Kier molecular flexibility index (Phi) is 6.55. The first-order valence-electron chi connectivity index (χ1n) is 9.24. The normalized spacial score (nSPS) is 15.0. The Balaban J connectivity index is 2.38. The molecule has 0 saturated carbocycles. The third kappa shape index (κ3) is 4.58. The highest BCUT2D eigenvalue weighted by Crippen LogP contribution is 2.34. The van der Waals surface area contributed by atoms with Crippen LogP contribution in [-0.2, 0) is 11.8 Å². The lowest BCUT2D eigenvalue weighted by Gasteiger charge is -2.34. The van der Waals surface area contributed by atoms with Crippen molar-refractivity contribution in [3.63, 3.8) is 0 Å². The van der Waals surface area contributed by atoms with Gasteiger partial charge < -0.3 is 4.90 Å². The third-order valence-electron chi connectivity index (χ3n) is 5.25. The minimum absolute atomic E-state index is 0.204. The van der Waals surface area contributed by atoms with Crippen molar-refractivity contribution >= 4 is 5.78 Å². The van der Waals surface area contributed by atoms with Gasteiger partial charge in [0.05, 0.1) is 5.41 Å². The average Bonchev–Trinajstić information content (AvgIpc) is 2.62. The van der Waals surface area contributed by atoms with Gasteiger partial charge in [0.15, 0.2) is 5.78 Å². The molecule has 0 fully saturated rings. The van der Waals surface area contributed by atoms with Crippen LogP contribution in [0, 0.1) is 0 Å². The topological polar surface area (TPSA) is 20.3 Å². The Bertz CT molecular complexity index is 675. The van der Waals surface area contributed by atoms with E-state index < -0.39 is 5.41 Å². The molecule has 0 aromatic heterocycles. The number of hydrogen-bond acceptors (Lipinski definition) is 2. The van der Waals surface area contributed by atoms with Gasteiger partial charge in [0, 0.05) is 11.6 Å². The van der Waals surface area contributed by atoms with Gasteiger partial charge in [-0.25, -0.2) is 0 Å². The summed E-state index contributed by atoms with van der Waals surface area (Å²) in [6.45, 7) is 6.44. The maximum Gasteiger partial charge on any atom is 0.173 e. The zero-order valence-electron chi connectivity index (χ0n) is 16.3. The van der Waals surface area contributed by atoms with Crippen LogP contribution in [0.3, 0.4) is 0 Å².